The van der Waals surface area contributed by atoms with Crippen LogP contribution in [0, 0.1) is 0 Å². The second-order valence-corrected chi connectivity index (χ2v) is 13.1. The molecule has 0 spiro atoms. The number of nitrogens with zero attached hydrogens (tertiary/aromatic N) is 2. The highest BCUT2D eigenvalue weighted by molar-refractivity contribution is 5.90. The lowest BCUT2D eigenvalue weighted by Crippen LogP contribution is -2.27. The van der Waals surface area contributed by atoms with Crippen molar-refractivity contribution in [2.75, 3.05) is 81.3 Å². The van der Waals surface area contributed by atoms with E-state index in [1.54, 1.807) is 38.8 Å². The molecular weight excluding hydrogens is 716 g/mol. The first-order chi connectivity index (χ1) is 27.5. The number of methoxy groups -OCH3 is 4. The molecule has 4 aromatic carbocycles. The number of ether oxygens (including phenoxy) is 8. The summed E-state index contributed by atoms with van der Waals surface area (Å²) < 4.78 is 44.5. The molecule has 5 rings (SSSR count). The van der Waals surface area contributed by atoms with Gasteiger partial charge in [0, 0.05) is 48.9 Å². The third-order valence-electron chi connectivity index (χ3n) is 9.38. The summed E-state index contributed by atoms with van der Waals surface area (Å²) in [6, 6.07) is 22.5. The third kappa shape index (κ3) is 11.7. The van der Waals surface area contributed by atoms with Gasteiger partial charge in [-0.3, -0.25) is 9.98 Å². The molecule has 4 aromatic rings. The van der Waals surface area contributed by atoms with E-state index in [2.05, 4.69) is 0 Å². The molecule has 1 aliphatic carbocycles. The van der Waals surface area contributed by atoms with Gasteiger partial charge in [-0.1, -0.05) is 49.2 Å². The summed E-state index contributed by atoms with van der Waals surface area (Å²) in [5.41, 5.74) is 4.33. The van der Waals surface area contributed by atoms with Crippen LogP contribution in [0.4, 0.5) is 0 Å². The number of aliphatic imine (C=N–C) groups is 2. The average Bonchev–Trinajstić information content (AvgIpc) is 3.23. The zero-order valence-electron chi connectivity index (χ0n) is 32.8. The van der Waals surface area contributed by atoms with Crippen LogP contribution >= 0.6 is 0 Å². The Balaban J connectivity index is 1.35. The van der Waals surface area contributed by atoms with Crippen LogP contribution in [0.1, 0.15) is 36.8 Å². The fraction of sp³-hybridized carbons (Fsp3) is 0.409. The van der Waals surface area contributed by atoms with Gasteiger partial charge in [-0.2, -0.15) is 0 Å². The van der Waals surface area contributed by atoms with Crippen molar-refractivity contribution in [3.8, 4) is 56.8 Å². The van der Waals surface area contributed by atoms with Gasteiger partial charge in [-0.15, -0.1) is 0 Å². The van der Waals surface area contributed by atoms with Crippen molar-refractivity contribution in [3.63, 3.8) is 0 Å². The lowest BCUT2D eigenvalue weighted by Gasteiger charge is -2.25. The van der Waals surface area contributed by atoms with Crippen LogP contribution in [0.25, 0.3) is 22.3 Å². The van der Waals surface area contributed by atoms with Crippen LogP contribution in [0.3, 0.4) is 0 Å². The van der Waals surface area contributed by atoms with Crippen LogP contribution in [0.2, 0.25) is 0 Å². The fourth-order valence-corrected chi connectivity index (χ4v) is 6.44. The van der Waals surface area contributed by atoms with Crippen LogP contribution in [0.5, 0.6) is 34.5 Å². The van der Waals surface area contributed by atoms with Crippen LogP contribution < -0.4 is 18.9 Å². The number of hydrogen-bond donors (Lipinski definition) is 2. The van der Waals surface area contributed by atoms with Crippen molar-refractivity contribution in [2.45, 2.75) is 37.8 Å². The van der Waals surface area contributed by atoms with E-state index in [1.807, 2.05) is 60.7 Å². The van der Waals surface area contributed by atoms with E-state index in [0.717, 1.165) is 47.9 Å². The van der Waals surface area contributed by atoms with Crippen LogP contribution in [0.15, 0.2) is 82.8 Å². The zero-order chi connectivity index (χ0) is 39.5. The molecule has 0 heterocycles. The minimum atomic E-state index is -0.143. The molecule has 12 heteroatoms. The van der Waals surface area contributed by atoms with E-state index in [4.69, 9.17) is 47.9 Å². The van der Waals surface area contributed by atoms with E-state index in [-0.39, 0.29) is 23.6 Å². The van der Waals surface area contributed by atoms with Gasteiger partial charge in [0.2, 0.25) is 0 Å². The first-order valence-electron chi connectivity index (χ1n) is 18.9. The number of benzene rings is 4. The maximum Gasteiger partial charge on any atom is 0.166 e. The van der Waals surface area contributed by atoms with Crippen molar-refractivity contribution in [1.82, 2.24) is 0 Å². The third-order valence-corrected chi connectivity index (χ3v) is 9.38. The molecule has 2 unspecified atom stereocenters. The van der Waals surface area contributed by atoms with Crippen molar-refractivity contribution < 1.29 is 48.1 Å². The summed E-state index contributed by atoms with van der Waals surface area (Å²) in [6.07, 6.45) is 7.07. The zero-order valence-corrected chi connectivity index (χ0v) is 32.8. The molecule has 0 aliphatic heterocycles. The van der Waals surface area contributed by atoms with Gasteiger partial charge in [-0.25, -0.2) is 0 Å². The predicted octanol–water partition coefficient (Wildman–Crippen LogP) is 7.38. The number of hydrogen-bond acceptors (Lipinski definition) is 12. The van der Waals surface area contributed by atoms with Gasteiger partial charge in [0.15, 0.2) is 23.0 Å². The first kappa shape index (κ1) is 42.0. The Bertz CT molecular complexity index is 1750. The maximum atomic E-state index is 11.2. The lowest BCUT2D eigenvalue weighted by atomic mass is 9.91. The number of para-hydroxylation sites is 2. The molecule has 56 heavy (non-hydrogen) atoms. The minimum Gasteiger partial charge on any atom is -0.504 e. The Labute approximate surface area is 329 Å². The summed E-state index contributed by atoms with van der Waals surface area (Å²) in [5, 5.41) is 22.3. The molecular formula is C44H54N2O10. The van der Waals surface area contributed by atoms with Crippen molar-refractivity contribution >= 4 is 12.4 Å². The first-order valence-corrected chi connectivity index (χ1v) is 18.9. The van der Waals surface area contributed by atoms with Gasteiger partial charge in [0.25, 0.3) is 0 Å². The molecule has 0 bridgehead atoms. The number of aromatic hydroxyl groups is 2. The minimum absolute atomic E-state index is 0.00230. The Kier molecular flexibility index (Phi) is 16.8. The molecule has 0 aromatic heterocycles. The van der Waals surface area contributed by atoms with E-state index >= 15 is 0 Å². The van der Waals surface area contributed by atoms with Gasteiger partial charge in [0.05, 0.1) is 65.9 Å². The van der Waals surface area contributed by atoms with Crippen molar-refractivity contribution in [1.29, 1.82) is 0 Å². The maximum absolute atomic E-state index is 11.2. The van der Waals surface area contributed by atoms with E-state index in [0.29, 0.717) is 87.0 Å². The molecule has 0 amide bonds. The molecule has 2 N–H and O–H groups in total. The van der Waals surface area contributed by atoms with Gasteiger partial charge >= 0.3 is 0 Å². The molecule has 0 radical (unpaired) electrons. The standard InChI is InChI=1S/C44H54N2O10/c1-49-17-19-53-21-23-55-39-15-9-5-11-35(39)31-25-33(43(47)41(27-31)51-3)29-45-37-13-7-8-14-38(37)46-30-34-26-32(28-42(52-4)44(34)48)36-12-6-10-16-40(36)56-24-22-54-20-18-50-2/h5-6,9-12,15-16,25-30,37-38,47-48H,7-8,13-14,17-24H2,1-4H3. The summed E-state index contributed by atoms with van der Waals surface area (Å²) in [5.74, 6) is 2.01. The van der Waals surface area contributed by atoms with Crippen molar-refractivity contribution in [2.24, 2.45) is 9.98 Å². The summed E-state index contributed by atoms with van der Waals surface area (Å²) in [6.45, 7) is 3.63. The molecule has 12 nitrogen and oxygen atoms in total. The summed E-state index contributed by atoms with van der Waals surface area (Å²) in [7, 11) is 6.32. The van der Waals surface area contributed by atoms with E-state index in [1.165, 1.54) is 14.2 Å². The molecule has 1 saturated carbocycles. The molecule has 300 valence electrons. The number of phenolic OH excluding ortho intramolecular Hbond substituents is 2. The Morgan fingerprint density at radius 1 is 0.536 bits per heavy atom. The molecule has 2 atom stereocenters. The predicted molar refractivity (Wildman–Crippen MR) is 218 cm³/mol. The Morgan fingerprint density at radius 2 is 0.946 bits per heavy atom. The number of rotatable bonds is 22. The van der Waals surface area contributed by atoms with E-state index < -0.39 is 0 Å². The second kappa shape index (κ2) is 22.4. The van der Waals surface area contributed by atoms with Gasteiger partial charge in [0.1, 0.15) is 24.7 Å². The fourth-order valence-electron chi connectivity index (χ4n) is 6.44. The Hall–Kier alpha value is -5.14. The highest BCUT2D eigenvalue weighted by atomic mass is 16.5. The highest BCUT2D eigenvalue weighted by Crippen LogP contribution is 2.40. The highest BCUT2D eigenvalue weighted by Gasteiger charge is 2.24. The topological polar surface area (TPSA) is 139 Å². The van der Waals surface area contributed by atoms with Crippen LogP contribution in [-0.4, -0.2) is 116 Å². The average molecular weight is 771 g/mol. The molecule has 1 aliphatic rings. The smallest absolute Gasteiger partial charge is 0.166 e. The van der Waals surface area contributed by atoms with Crippen molar-refractivity contribution in [3.05, 3.63) is 83.9 Å². The second-order valence-electron chi connectivity index (χ2n) is 13.1. The van der Waals surface area contributed by atoms with Gasteiger partial charge < -0.3 is 48.1 Å². The van der Waals surface area contributed by atoms with E-state index in [9.17, 15) is 10.2 Å². The largest absolute Gasteiger partial charge is 0.504 e. The normalized spacial score (nSPS) is 15.7. The summed E-state index contributed by atoms with van der Waals surface area (Å²) in [4.78, 5) is 9.95. The summed E-state index contributed by atoms with van der Waals surface area (Å²) >= 11 is 0. The van der Waals surface area contributed by atoms with Gasteiger partial charge in [-0.05, 0) is 60.4 Å². The van der Waals surface area contributed by atoms with Crippen LogP contribution in [-0.2, 0) is 18.9 Å². The monoisotopic (exact) mass is 770 g/mol. The Morgan fingerprint density at radius 3 is 1.36 bits per heavy atom. The SMILES string of the molecule is COCCOCCOc1ccccc1-c1cc(C=NC2CCCCC2N=Cc2cc(-c3ccccc3OCCOCCOC)cc(OC)c2O)c(O)c(OC)c1. The molecule has 0 saturated heterocycles. The molecule has 1 fully saturated rings. The quantitative estimate of drug-likeness (QED) is 0.0615. The lowest BCUT2D eigenvalue weighted by molar-refractivity contribution is 0.0545. The number of phenols is 2.